The fourth-order valence-electron chi connectivity index (χ4n) is 3.54. The molecule has 0 heterocycles. The number of fused-ring (bicyclic) bond motifs is 2. The van der Waals surface area contributed by atoms with E-state index in [0.29, 0.717) is 18.9 Å². The van der Waals surface area contributed by atoms with Gasteiger partial charge < -0.3 is 4.74 Å². The molecule has 2 nitrogen and oxygen atoms in total. The molecule has 3 aliphatic rings. The molecule has 3 rings (SSSR count). The monoisotopic (exact) mass is 276 g/mol. The molecule has 96 valence electrons. The summed E-state index contributed by atoms with van der Waals surface area (Å²) in [7, 11) is 0. The van der Waals surface area contributed by atoms with E-state index in [2.05, 4.69) is 0 Å². The number of carbonyl (C=O) groups excluding carboxylic acids is 1. The molecular weight excluding hydrogens is 259 g/mol. The SMILES string of the molecule is CC1(C(=O)OCC2CC3CCC2C3)CC1(Cl)Cl. The van der Waals surface area contributed by atoms with E-state index >= 15 is 0 Å². The van der Waals surface area contributed by atoms with Gasteiger partial charge >= 0.3 is 5.97 Å². The molecule has 0 aromatic heterocycles. The van der Waals surface area contributed by atoms with E-state index in [4.69, 9.17) is 27.9 Å². The van der Waals surface area contributed by atoms with Crippen LogP contribution in [0.2, 0.25) is 0 Å². The molecule has 4 atom stereocenters. The minimum absolute atomic E-state index is 0.217. The van der Waals surface area contributed by atoms with Crippen LogP contribution in [0.4, 0.5) is 0 Å². The predicted molar refractivity (Wildman–Crippen MR) is 67.1 cm³/mol. The van der Waals surface area contributed by atoms with Gasteiger partial charge in [-0.05, 0) is 43.9 Å². The quantitative estimate of drug-likeness (QED) is 0.582. The van der Waals surface area contributed by atoms with E-state index in [1.54, 1.807) is 6.92 Å². The number of hydrogen-bond donors (Lipinski definition) is 0. The zero-order chi connectivity index (χ0) is 12.3. The van der Waals surface area contributed by atoms with Gasteiger partial charge in [0, 0.05) is 6.42 Å². The van der Waals surface area contributed by atoms with Gasteiger partial charge in [-0.2, -0.15) is 0 Å². The molecule has 0 aliphatic heterocycles. The number of halogens is 2. The van der Waals surface area contributed by atoms with Crippen LogP contribution in [-0.2, 0) is 9.53 Å². The molecule has 0 saturated heterocycles. The van der Waals surface area contributed by atoms with Crippen LogP contribution in [0.3, 0.4) is 0 Å². The van der Waals surface area contributed by atoms with Crippen molar-refractivity contribution in [1.82, 2.24) is 0 Å². The van der Waals surface area contributed by atoms with Crippen molar-refractivity contribution in [3.8, 4) is 0 Å². The van der Waals surface area contributed by atoms with Gasteiger partial charge in [-0.3, -0.25) is 4.79 Å². The van der Waals surface area contributed by atoms with Gasteiger partial charge in [0.05, 0.1) is 6.61 Å². The Hall–Kier alpha value is 0.0500. The van der Waals surface area contributed by atoms with Gasteiger partial charge in [0.15, 0.2) is 0 Å². The van der Waals surface area contributed by atoms with Crippen molar-refractivity contribution in [3.63, 3.8) is 0 Å². The van der Waals surface area contributed by atoms with E-state index in [-0.39, 0.29) is 5.97 Å². The number of rotatable bonds is 3. The highest BCUT2D eigenvalue weighted by molar-refractivity contribution is 6.53. The lowest BCUT2D eigenvalue weighted by Gasteiger charge is -2.22. The summed E-state index contributed by atoms with van der Waals surface area (Å²) in [4.78, 5) is 11.9. The Morgan fingerprint density at radius 3 is 2.53 bits per heavy atom. The lowest BCUT2D eigenvalue weighted by Crippen LogP contribution is -2.25. The second-order valence-electron chi connectivity index (χ2n) is 6.25. The smallest absolute Gasteiger partial charge is 0.314 e. The average molecular weight is 277 g/mol. The molecule has 0 N–H and O–H groups in total. The maximum absolute atomic E-state index is 11.9. The van der Waals surface area contributed by atoms with E-state index in [9.17, 15) is 4.79 Å². The van der Waals surface area contributed by atoms with Crippen LogP contribution in [0.15, 0.2) is 0 Å². The lowest BCUT2D eigenvalue weighted by molar-refractivity contribution is -0.151. The molecule has 2 bridgehead atoms. The minimum Gasteiger partial charge on any atom is -0.465 e. The zero-order valence-electron chi connectivity index (χ0n) is 10.0. The number of carbonyl (C=O) groups is 1. The molecule has 3 aliphatic carbocycles. The van der Waals surface area contributed by atoms with Gasteiger partial charge in [-0.15, -0.1) is 23.2 Å². The minimum atomic E-state index is -0.904. The number of esters is 1. The summed E-state index contributed by atoms with van der Waals surface area (Å²) in [6, 6.07) is 0. The Morgan fingerprint density at radius 2 is 2.06 bits per heavy atom. The molecule has 3 saturated carbocycles. The fraction of sp³-hybridized carbons (Fsp3) is 0.923. The Labute approximate surface area is 112 Å². The fourth-order valence-corrected chi connectivity index (χ4v) is 4.23. The van der Waals surface area contributed by atoms with Crippen molar-refractivity contribution >= 4 is 29.2 Å². The molecule has 4 unspecified atom stereocenters. The maximum atomic E-state index is 11.9. The predicted octanol–water partition coefficient (Wildman–Crippen LogP) is 3.55. The van der Waals surface area contributed by atoms with Crippen molar-refractivity contribution in [3.05, 3.63) is 0 Å². The Balaban J connectivity index is 1.51. The first-order chi connectivity index (χ1) is 7.92. The van der Waals surface area contributed by atoms with Crippen LogP contribution in [0.25, 0.3) is 0 Å². The lowest BCUT2D eigenvalue weighted by atomic mass is 9.89. The van der Waals surface area contributed by atoms with Gasteiger partial charge in [-0.1, -0.05) is 6.42 Å². The van der Waals surface area contributed by atoms with Gasteiger partial charge in [0.2, 0.25) is 0 Å². The molecule has 0 aromatic rings. The van der Waals surface area contributed by atoms with Crippen LogP contribution < -0.4 is 0 Å². The molecule has 0 spiro atoms. The number of alkyl halides is 2. The third kappa shape index (κ3) is 1.88. The molecule has 0 radical (unpaired) electrons. The first-order valence-electron chi connectivity index (χ1n) is 6.47. The third-order valence-electron chi connectivity index (χ3n) is 5.02. The van der Waals surface area contributed by atoms with Crippen LogP contribution >= 0.6 is 23.2 Å². The standard InChI is InChI=1S/C13H18Cl2O2/c1-12(7-13(12,14)15)11(16)17-6-10-5-8-2-3-9(10)4-8/h8-10H,2-7H2,1H3. The summed E-state index contributed by atoms with van der Waals surface area (Å²) < 4.78 is 4.53. The number of hydrogen-bond acceptors (Lipinski definition) is 2. The van der Waals surface area contributed by atoms with Crippen LogP contribution in [0.1, 0.15) is 39.0 Å². The van der Waals surface area contributed by atoms with Crippen molar-refractivity contribution in [2.75, 3.05) is 6.61 Å². The second kappa shape index (κ2) is 3.77. The van der Waals surface area contributed by atoms with Gasteiger partial charge in [0.25, 0.3) is 0 Å². The average Bonchev–Trinajstić information content (AvgIpc) is 2.69. The van der Waals surface area contributed by atoms with Crippen molar-refractivity contribution in [2.24, 2.45) is 23.2 Å². The molecule has 0 aromatic carbocycles. The second-order valence-corrected chi connectivity index (χ2v) is 7.73. The van der Waals surface area contributed by atoms with Gasteiger partial charge in [-0.25, -0.2) is 0 Å². The molecule has 0 amide bonds. The van der Waals surface area contributed by atoms with E-state index in [1.165, 1.54) is 25.7 Å². The molecule has 17 heavy (non-hydrogen) atoms. The summed E-state index contributed by atoms with van der Waals surface area (Å²) in [5.41, 5.74) is -0.673. The van der Waals surface area contributed by atoms with Crippen LogP contribution in [-0.4, -0.2) is 16.9 Å². The first kappa shape index (κ1) is 12.1. The topological polar surface area (TPSA) is 26.3 Å². The first-order valence-corrected chi connectivity index (χ1v) is 7.23. The van der Waals surface area contributed by atoms with E-state index in [0.717, 1.165) is 11.8 Å². The Kier molecular flexibility index (Phi) is 2.68. The zero-order valence-corrected chi connectivity index (χ0v) is 11.6. The summed E-state index contributed by atoms with van der Waals surface area (Å²) in [5.74, 6) is 2.04. The van der Waals surface area contributed by atoms with Crippen LogP contribution in [0.5, 0.6) is 0 Å². The summed E-state index contributed by atoms with van der Waals surface area (Å²) in [5, 5.41) is 0. The summed E-state index contributed by atoms with van der Waals surface area (Å²) >= 11 is 11.9. The van der Waals surface area contributed by atoms with Gasteiger partial charge in [0.1, 0.15) is 9.75 Å². The largest absolute Gasteiger partial charge is 0.465 e. The number of ether oxygens (including phenoxy) is 1. The summed E-state index contributed by atoms with van der Waals surface area (Å²) in [6.07, 6.45) is 5.78. The van der Waals surface area contributed by atoms with Crippen molar-refractivity contribution in [2.45, 2.75) is 43.4 Å². The molecule has 4 heteroatoms. The normalized spacial score (nSPS) is 45.9. The Morgan fingerprint density at radius 1 is 1.35 bits per heavy atom. The summed E-state index contributed by atoms with van der Waals surface area (Å²) in [6.45, 7) is 2.36. The van der Waals surface area contributed by atoms with E-state index < -0.39 is 9.75 Å². The molecular formula is C13H18Cl2O2. The van der Waals surface area contributed by atoms with E-state index in [1.807, 2.05) is 0 Å². The van der Waals surface area contributed by atoms with Crippen molar-refractivity contribution < 1.29 is 9.53 Å². The third-order valence-corrected chi connectivity index (χ3v) is 6.12. The molecule has 3 fully saturated rings. The highest BCUT2D eigenvalue weighted by atomic mass is 35.5. The highest BCUT2D eigenvalue weighted by Crippen LogP contribution is 2.64. The highest BCUT2D eigenvalue weighted by Gasteiger charge is 2.69. The van der Waals surface area contributed by atoms with Crippen molar-refractivity contribution in [1.29, 1.82) is 0 Å². The Bertz CT molecular complexity index is 355. The maximum Gasteiger partial charge on any atom is 0.314 e. The van der Waals surface area contributed by atoms with Crippen LogP contribution in [0, 0.1) is 23.2 Å².